The highest BCUT2D eigenvalue weighted by Crippen LogP contribution is 2.25. The average Bonchev–Trinajstić information content (AvgIpc) is 2.71. The normalized spacial score (nSPS) is 14.9. The first-order valence-corrected chi connectivity index (χ1v) is 9.41. The van der Waals surface area contributed by atoms with E-state index in [0.29, 0.717) is 5.92 Å². The molecule has 1 aliphatic rings. The molecule has 0 amide bonds. The second-order valence-corrected chi connectivity index (χ2v) is 6.99. The van der Waals surface area contributed by atoms with Gasteiger partial charge in [0, 0.05) is 25.0 Å². The molecule has 0 radical (unpaired) electrons. The van der Waals surface area contributed by atoms with Crippen LogP contribution in [0.2, 0.25) is 0 Å². The van der Waals surface area contributed by atoms with Crippen LogP contribution in [-0.4, -0.2) is 23.1 Å². The Bertz CT molecular complexity index is 859. The van der Waals surface area contributed by atoms with Gasteiger partial charge in [0.1, 0.15) is 11.6 Å². The zero-order chi connectivity index (χ0) is 18.5. The van der Waals surface area contributed by atoms with E-state index in [0.717, 1.165) is 49.8 Å². The molecule has 2 heterocycles. The molecule has 3 aromatic rings. The Hall–Kier alpha value is -2.95. The zero-order valence-electron chi connectivity index (χ0n) is 15.2. The van der Waals surface area contributed by atoms with Crippen LogP contribution < -0.4 is 10.2 Å². The van der Waals surface area contributed by atoms with E-state index in [1.54, 1.807) is 18.3 Å². The summed E-state index contributed by atoms with van der Waals surface area (Å²) in [5.74, 6) is 1.93. The van der Waals surface area contributed by atoms with Gasteiger partial charge < -0.3 is 10.2 Å². The number of nitrogens with zero attached hydrogens (tertiary/aromatic N) is 3. The lowest BCUT2D eigenvalue weighted by molar-refractivity contribution is 0.400. The maximum atomic E-state index is 13.0. The monoisotopic (exact) mass is 362 g/mol. The Morgan fingerprint density at radius 1 is 0.963 bits per heavy atom. The van der Waals surface area contributed by atoms with E-state index in [1.165, 1.54) is 17.7 Å². The molecule has 138 valence electrons. The number of anilines is 3. The number of nitrogens with one attached hydrogen (secondary N) is 1. The van der Waals surface area contributed by atoms with E-state index < -0.39 is 0 Å². The van der Waals surface area contributed by atoms with Crippen molar-refractivity contribution in [2.75, 3.05) is 23.3 Å². The second-order valence-electron chi connectivity index (χ2n) is 6.99. The summed E-state index contributed by atoms with van der Waals surface area (Å²) < 4.78 is 13.0. The summed E-state index contributed by atoms with van der Waals surface area (Å²) in [5.41, 5.74) is 2.22. The lowest BCUT2D eigenvalue weighted by atomic mass is 9.90. The lowest BCUT2D eigenvalue weighted by Gasteiger charge is -2.32. The third kappa shape index (κ3) is 4.61. The molecule has 1 aromatic heterocycles. The molecule has 0 spiro atoms. The average molecular weight is 362 g/mol. The Balaban J connectivity index is 1.36. The molecule has 2 aromatic carbocycles. The molecule has 1 aliphatic heterocycles. The van der Waals surface area contributed by atoms with Gasteiger partial charge >= 0.3 is 0 Å². The molecule has 1 fully saturated rings. The quantitative estimate of drug-likeness (QED) is 0.707. The number of hydrogen-bond donors (Lipinski definition) is 1. The predicted molar refractivity (Wildman–Crippen MR) is 107 cm³/mol. The number of hydrogen-bond acceptors (Lipinski definition) is 4. The highest BCUT2D eigenvalue weighted by atomic mass is 19.1. The molecule has 0 aliphatic carbocycles. The predicted octanol–water partition coefficient (Wildman–Crippen LogP) is 4.82. The van der Waals surface area contributed by atoms with Crippen molar-refractivity contribution in [2.24, 2.45) is 5.92 Å². The van der Waals surface area contributed by atoms with Gasteiger partial charge in [0.25, 0.3) is 0 Å². The molecule has 0 atom stereocenters. The number of rotatable bonds is 5. The Kier molecular flexibility index (Phi) is 5.28. The highest BCUT2D eigenvalue weighted by Gasteiger charge is 2.21. The third-order valence-corrected chi connectivity index (χ3v) is 5.02. The maximum absolute atomic E-state index is 13.0. The molecule has 0 saturated carbocycles. The Morgan fingerprint density at radius 3 is 2.44 bits per heavy atom. The topological polar surface area (TPSA) is 41.1 Å². The minimum Gasteiger partial charge on any atom is -0.341 e. The van der Waals surface area contributed by atoms with Gasteiger partial charge in [-0.15, -0.1) is 0 Å². The summed E-state index contributed by atoms with van der Waals surface area (Å²) in [5, 5.41) is 3.21. The van der Waals surface area contributed by atoms with E-state index in [9.17, 15) is 4.39 Å². The van der Waals surface area contributed by atoms with E-state index in [-0.39, 0.29) is 5.82 Å². The molecular formula is C22H23FN4. The van der Waals surface area contributed by atoms with Crippen LogP contribution in [0.5, 0.6) is 0 Å². The molecule has 4 nitrogen and oxygen atoms in total. The van der Waals surface area contributed by atoms with Gasteiger partial charge in [-0.2, -0.15) is 4.98 Å². The fourth-order valence-corrected chi connectivity index (χ4v) is 3.54. The van der Waals surface area contributed by atoms with Crippen molar-refractivity contribution >= 4 is 17.5 Å². The van der Waals surface area contributed by atoms with Gasteiger partial charge in [0.2, 0.25) is 5.95 Å². The van der Waals surface area contributed by atoms with E-state index in [2.05, 4.69) is 50.5 Å². The Labute approximate surface area is 159 Å². The first-order valence-electron chi connectivity index (χ1n) is 9.41. The number of aromatic nitrogens is 2. The Morgan fingerprint density at radius 2 is 1.70 bits per heavy atom. The smallest absolute Gasteiger partial charge is 0.227 e. The lowest BCUT2D eigenvalue weighted by Crippen LogP contribution is -2.35. The minimum absolute atomic E-state index is 0.248. The maximum Gasteiger partial charge on any atom is 0.227 e. The molecule has 1 saturated heterocycles. The van der Waals surface area contributed by atoms with Crippen LogP contribution in [0.3, 0.4) is 0 Å². The SMILES string of the molecule is Fc1ccc(Nc2ccnc(N3CCC(Cc4ccccc4)CC3)n2)cc1. The van der Waals surface area contributed by atoms with Crippen molar-refractivity contribution in [2.45, 2.75) is 19.3 Å². The van der Waals surface area contributed by atoms with Crippen LogP contribution in [0.1, 0.15) is 18.4 Å². The summed E-state index contributed by atoms with van der Waals surface area (Å²) in [7, 11) is 0. The van der Waals surface area contributed by atoms with E-state index in [1.807, 2.05) is 6.07 Å². The summed E-state index contributed by atoms with van der Waals surface area (Å²) in [6.07, 6.45) is 5.20. The van der Waals surface area contributed by atoms with Crippen LogP contribution in [0.25, 0.3) is 0 Å². The van der Waals surface area contributed by atoms with E-state index in [4.69, 9.17) is 0 Å². The van der Waals surface area contributed by atoms with Crippen molar-refractivity contribution in [1.29, 1.82) is 0 Å². The standard InChI is InChI=1S/C22H23FN4/c23-19-6-8-20(9-7-19)25-21-10-13-24-22(26-21)27-14-11-18(12-15-27)16-17-4-2-1-3-5-17/h1-10,13,18H,11-12,14-16H2,(H,24,25,26). The number of halogens is 1. The second kappa shape index (κ2) is 8.16. The van der Waals surface area contributed by atoms with Gasteiger partial charge in [-0.05, 0) is 61.1 Å². The van der Waals surface area contributed by atoms with Crippen molar-refractivity contribution in [3.05, 3.63) is 78.2 Å². The van der Waals surface area contributed by atoms with Crippen LogP contribution in [-0.2, 0) is 6.42 Å². The first-order chi connectivity index (χ1) is 13.3. The van der Waals surface area contributed by atoms with Crippen molar-refractivity contribution < 1.29 is 4.39 Å². The molecule has 0 unspecified atom stereocenters. The summed E-state index contributed by atoms with van der Waals surface area (Å²) in [4.78, 5) is 11.3. The van der Waals surface area contributed by atoms with E-state index >= 15 is 0 Å². The largest absolute Gasteiger partial charge is 0.341 e. The minimum atomic E-state index is -0.248. The van der Waals surface area contributed by atoms with Gasteiger partial charge in [-0.25, -0.2) is 9.37 Å². The van der Waals surface area contributed by atoms with Crippen molar-refractivity contribution in [3.63, 3.8) is 0 Å². The molecule has 0 bridgehead atoms. The summed E-state index contributed by atoms with van der Waals surface area (Å²) in [6, 6.07) is 18.8. The molecular weight excluding hydrogens is 339 g/mol. The van der Waals surface area contributed by atoms with Crippen molar-refractivity contribution in [1.82, 2.24) is 9.97 Å². The van der Waals surface area contributed by atoms with Gasteiger partial charge in [-0.3, -0.25) is 0 Å². The fourth-order valence-electron chi connectivity index (χ4n) is 3.54. The van der Waals surface area contributed by atoms with Crippen LogP contribution in [0.15, 0.2) is 66.9 Å². The fraction of sp³-hybridized carbons (Fsp3) is 0.273. The van der Waals surface area contributed by atoms with Crippen LogP contribution in [0.4, 0.5) is 21.8 Å². The van der Waals surface area contributed by atoms with Gasteiger partial charge in [0.05, 0.1) is 0 Å². The molecule has 4 rings (SSSR count). The van der Waals surface area contributed by atoms with Crippen LogP contribution in [0, 0.1) is 11.7 Å². The van der Waals surface area contributed by atoms with Gasteiger partial charge in [0.15, 0.2) is 0 Å². The van der Waals surface area contributed by atoms with Gasteiger partial charge in [-0.1, -0.05) is 30.3 Å². The molecule has 27 heavy (non-hydrogen) atoms. The van der Waals surface area contributed by atoms with Crippen molar-refractivity contribution in [3.8, 4) is 0 Å². The summed E-state index contributed by atoms with van der Waals surface area (Å²) >= 11 is 0. The summed E-state index contributed by atoms with van der Waals surface area (Å²) in [6.45, 7) is 1.94. The third-order valence-electron chi connectivity index (χ3n) is 5.02. The number of piperidine rings is 1. The van der Waals surface area contributed by atoms with Crippen LogP contribution >= 0.6 is 0 Å². The number of benzene rings is 2. The molecule has 1 N–H and O–H groups in total. The zero-order valence-corrected chi connectivity index (χ0v) is 15.2. The highest BCUT2D eigenvalue weighted by molar-refractivity contribution is 5.56. The molecule has 5 heteroatoms. The first kappa shape index (κ1) is 17.5.